The number of aromatic hydroxyl groups is 1. The van der Waals surface area contributed by atoms with Crippen molar-refractivity contribution in [3.05, 3.63) is 55.9 Å². The number of carbonyl (C=O) groups is 1. The summed E-state index contributed by atoms with van der Waals surface area (Å²) in [7, 11) is 0. The van der Waals surface area contributed by atoms with Gasteiger partial charge in [-0.1, -0.05) is 27.5 Å². The number of phenols is 1. The Bertz CT molecular complexity index is 647. The van der Waals surface area contributed by atoms with Gasteiger partial charge in [-0.3, -0.25) is 4.79 Å². The molecule has 0 atom stereocenters. The highest BCUT2D eigenvalue weighted by Gasteiger charge is 2.13. The van der Waals surface area contributed by atoms with Crippen LogP contribution in [0.25, 0.3) is 0 Å². The van der Waals surface area contributed by atoms with Crippen LogP contribution in [-0.4, -0.2) is 11.0 Å². The van der Waals surface area contributed by atoms with Gasteiger partial charge in [0, 0.05) is 14.0 Å². The molecule has 2 aromatic carbocycles. The van der Waals surface area contributed by atoms with E-state index in [0.29, 0.717) is 19.7 Å². The van der Waals surface area contributed by atoms with E-state index in [9.17, 15) is 9.90 Å². The number of benzene rings is 2. The Labute approximate surface area is 131 Å². The maximum atomic E-state index is 12.1. The lowest BCUT2D eigenvalue weighted by Gasteiger charge is -2.09. The molecule has 2 aromatic rings. The van der Waals surface area contributed by atoms with Gasteiger partial charge in [0.25, 0.3) is 5.91 Å². The second-order valence-electron chi connectivity index (χ2n) is 3.74. The molecule has 6 heteroatoms. The molecule has 0 aliphatic rings. The van der Waals surface area contributed by atoms with Gasteiger partial charge in [-0.15, -0.1) is 0 Å². The van der Waals surface area contributed by atoms with E-state index in [-0.39, 0.29) is 11.3 Å². The van der Waals surface area contributed by atoms with Crippen LogP contribution in [0.4, 0.5) is 5.69 Å². The summed E-state index contributed by atoms with van der Waals surface area (Å²) in [5.41, 5.74) is 0.720. The first-order valence-electron chi connectivity index (χ1n) is 5.22. The molecule has 0 unspecified atom stereocenters. The van der Waals surface area contributed by atoms with Gasteiger partial charge in [0.1, 0.15) is 5.75 Å². The van der Waals surface area contributed by atoms with Crippen molar-refractivity contribution in [2.24, 2.45) is 0 Å². The molecule has 0 fully saturated rings. The lowest BCUT2D eigenvalue weighted by atomic mass is 10.2. The van der Waals surface area contributed by atoms with Crippen molar-refractivity contribution < 1.29 is 9.90 Å². The van der Waals surface area contributed by atoms with Crippen molar-refractivity contribution in [3.8, 4) is 5.75 Å². The second kappa shape index (κ2) is 5.94. The average Bonchev–Trinajstić information content (AvgIpc) is 2.36. The van der Waals surface area contributed by atoms with Gasteiger partial charge in [-0.2, -0.15) is 0 Å². The zero-order chi connectivity index (χ0) is 14.0. The molecule has 0 aliphatic heterocycles. The number of halogens is 3. The zero-order valence-corrected chi connectivity index (χ0v) is 13.4. The first kappa shape index (κ1) is 14.4. The largest absolute Gasteiger partial charge is 0.507 e. The van der Waals surface area contributed by atoms with Crippen LogP contribution < -0.4 is 5.32 Å². The fourth-order valence-electron chi connectivity index (χ4n) is 1.47. The maximum absolute atomic E-state index is 12.1. The lowest BCUT2D eigenvalue weighted by Crippen LogP contribution is -2.12. The highest BCUT2D eigenvalue weighted by Crippen LogP contribution is 2.28. The molecule has 0 bridgehead atoms. The Morgan fingerprint density at radius 2 is 1.89 bits per heavy atom. The SMILES string of the molecule is O=C(Nc1cc(Cl)ccc1Br)c1cc(Br)ccc1O. The van der Waals surface area contributed by atoms with E-state index in [1.54, 1.807) is 30.3 Å². The zero-order valence-electron chi connectivity index (χ0n) is 9.45. The molecule has 1 amide bonds. The van der Waals surface area contributed by atoms with E-state index in [4.69, 9.17) is 11.6 Å². The molecule has 0 aromatic heterocycles. The van der Waals surface area contributed by atoms with Crippen molar-refractivity contribution in [3.63, 3.8) is 0 Å². The predicted molar refractivity (Wildman–Crippen MR) is 82.9 cm³/mol. The van der Waals surface area contributed by atoms with E-state index in [0.717, 1.165) is 0 Å². The number of carbonyl (C=O) groups excluding carboxylic acids is 1. The molecule has 0 radical (unpaired) electrons. The Morgan fingerprint density at radius 1 is 1.16 bits per heavy atom. The van der Waals surface area contributed by atoms with Crippen LogP contribution in [0.5, 0.6) is 5.75 Å². The lowest BCUT2D eigenvalue weighted by molar-refractivity contribution is 0.102. The fraction of sp³-hybridized carbons (Fsp3) is 0. The molecule has 19 heavy (non-hydrogen) atoms. The summed E-state index contributed by atoms with van der Waals surface area (Å²) >= 11 is 12.4. The molecule has 0 saturated heterocycles. The Morgan fingerprint density at radius 3 is 2.63 bits per heavy atom. The van der Waals surface area contributed by atoms with E-state index in [1.807, 2.05) is 0 Å². The molecule has 98 valence electrons. The summed E-state index contributed by atoms with van der Waals surface area (Å²) in [4.78, 5) is 12.1. The number of amides is 1. The van der Waals surface area contributed by atoms with E-state index < -0.39 is 5.91 Å². The number of nitrogens with one attached hydrogen (secondary N) is 1. The summed E-state index contributed by atoms with van der Waals surface area (Å²) in [6.07, 6.45) is 0. The van der Waals surface area contributed by atoms with E-state index >= 15 is 0 Å². The highest BCUT2D eigenvalue weighted by atomic mass is 79.9. The van der Waals surface area contributed by atoms with Gasteiger partial charge in [0.2, 0.25) is 0 Å². The minimum atomic E-state index is -0.415. The minimum Gasteiger partial charge on any atom is -0.507 e. The maximum Gasteiger partial charge on any atom is 0.259 e. The van der Waals surface area contributed by atoms with Gasteiger partial charge >= 0.3 is 0 Å². The molecule has 3 nitrogen and oxygen atoms in total. The third kappa shape index (κ3) is 3.49. The summed E-state index contributed by atoms with van der Waals surface area (Å²) in [5, 5.41) is 12.9. The molecule has 0 heterocycles. The molecule has 2 rings (SSSR count). The standard InChI is InChI=1S/C13H8Br2ClNO2/c14-7-1-4-12(18)9(5-7)13(19)17-11-6-8(16)2-3-10(11)15/h1-6,18H,(H,17,19). The number of anilines is 1. The highest BCUT2D eigenvalue weighted by molar-refractivity contribution is 9.10. The second-order valence-corrected chi connectivity index (χ2v) is 5.95. The Kier molecular flexibility index (Phi) is 4.50. The first-order chi connectivity index (χ1) is 8.97. The Balaban J connectivity index is 2.30. The number of hydrogen-bond donors (Lipinski definition) is 2. The monoisotopic (exact) mass is 403 g/mol. The van der Waals surface area contributed by atoms with Gasteiger partial charge < -0.3 is 10.4 Å². The molecule has 0 spiro atoms. The van der Waals surface area contributed by atoms with Crippen molar-refractivity contribution in [1.82, 2.24) is 0 Å². The van der Waals surface area contributed by atoms with Crippen LogP contribution >= 0.6 is 43.5 Å². The number of hydrogen-bond acceptors (Lipinski definition) is 2. The first-order valence-corrected chi connectivity index (χ1v) is 7.18. The number of rotatable bonds is 2. The van der Waals surface area contributed by atoms with Crippen LogP contribution in [0, 0.1) is 0 Å². The Hall–Kier alpha value is -1.04. The van der Waals surface area contributed by atoms with Crippen LogP contribution in [-0.2, 0) is 0 Å². The summed E-state index contributed by atoms with van der Waals surface area (Å²) in [5.74, 6) is -0.499. The predicted octanol–water partition coefficient (Wildman–Crippen LogP) is 4.82. The number of phenolic OH excluding ortho intramolecular Hbond substituents is 1. The van der Waals surface area contributed by atoms with Crippen LogP contribution in [0.2, 0.25) is 5.02 Å². The van der Waals surface area contributed by atoms with E-state index in [2.05, 4.69) is 37.2 Å². The fourth-order valence-corrected chi connectivity index (χ4v) is 2.35. The average molecular weight is 405 g/mol. The summed E-state index contributed by atoms with van der Waals surface area (Å²) in [6.45, 7) is 0. The third-order valence-electron chi connectivity index (χ3n) is 2.38. The smallest absolute Gasteiger partial charge is 0.259 e. The van der Waals surface area contributed by atoms with Crippen molar-refractivity contribution >= 4 is 55.1 Å². The van der Waals surface area contributed by atoms with Crippen LogP contribution in [0.15, 0.2) is 45.3 Å². The van der Waals surface area contributed by atoms with Gasteiger partial charge in [-0.25, -0.2) is 0 Å². The summed E-state index contributed by atoms with van der Waals surface area (Å²) in [6, 6.07) is 9.71. The van der Waals surface area contributed by atoms with E-state index in [1.165, 1.54) is 6.07 Å². The van der Waals surface area contributed by atoms with Crippen LogP contribution in [0.3, 0.4) is 0 Å². The van der Waals surface area contributed by atoms with Gasteiger partial charge in [0.15, 0.2) is 0 Å². The van der Waals surface area contributed by atoms with Crippen molar-refractivity contribution in [2.45, 2.75) is 0 Å². The topological polar surface area (TPSA) is 49.3 Å². The molecular formula is C13H8Br2ClNO2. The third-order valence-corrected chi connectivity index (χ3v) is 3.80. The molecule has 2 N–H and O–H groups in total. The molecular weight excluding hydrogens is 397 g/mol. The normalized spacial score (nSPS) is 10.3. The summed E-state index contributed by atoms with van der Waals surface area (Å²) < 4.78 is 1.42. The van der Waals surface area contributed by atoms with Crippen molar-refractivity contribution in [1.29, 1.82) is 0 Å². The minimum absolute atomic E-state index is 0.0844. The molecule has 0 aliphatic carbocycles. The quantitative estimate of drug-likeness (QED) is 0.752. The molecule has 0 saturated carbocycles. The van der Waals surface area contributed by atoms with Gasteiger partial charge in [-0.05, 0) is 52.3 Å². The van der Waals surface area contributed by atoms with Gasteiger partial charge in [0.05, 0.1) is 11.3 Å². The van der Waals surface area contributed by atoms with Crippen molar-refractivity contribution in [2.75, 3.05) is 5.32 Å². The van der Waals surface area contributed by atoms with Crippen LogP contribution in [0.1, 0.15) is 10.4 Å².